The summed E-state index contributed by atoms with van der Waals surface area (Å²) in [6, 6.07) is 10.4. The average Bonchev–Trinajstić information content (AvgIpc) is 3.21. The Hall–Kier alpha value is -1.68. The summed E-state index contributed by atoms with van der Waals surface area (Å²) in [6.07, 6.45) is 6.03. The molecular formula is C18H25N3O. The second-order valence-electron chi connectivity index (χ2n) is 6.44. The molecule has 118 valence electrons. The van der Waals surface area contributed by atoms with Gasteiger partial charge >= 0.3 is 0 Å². The van der Waals surface area contributed by atoms with Crippen LogP contribution in [0.2, 0.25) is 0 Å². The number of aromatic nitrogens is 2. The van der Waals surface area contributed by atoms with E-state index in [1.807, 2.05) is 6.07 Å². The summed E-state index contributed by atoms with van der Waals surface area (Å²) in [6.45, 7) is 4.35. The van der Waals surface area contributed by atoms with Crippen molar-refractivity contribution in [2.45, 2.75) is 63.3 Å². The first-order valence-electron chi connectivity index (χ1n) is 8.34. The minimum absolute atomic E-state index is 0.221. The molecular weight excluding hydrogens is 274 g/mol. The molecule has 0 radical (unpaired) electrons. The van der Waals surface area contributed by atoms with Crippen molar-refractivity contribution in [3.8, 4) is 0 Å². The van der Waals surface area contributed by atoms with Gasteiger partial charge in [-0.15, -0.1) is 0 Å². The lowest BCUT2D eigenvalue weighted by Crippen LogP contribution is -2.35. The highest BCUT2D eigenvalue weighted by atomic mass is 16.5. The molecule has 2 N–H and O–H groups in total. The maximum Gasteiger partial charge on any atom is 0.237 e. The summed E-state index contributed by atoms with van der Waals surface area (Å²) in [7, 11) is 0. The molecule has 1 aromatic heterocycles. The molecule has 1 aliphatic rings. The molecule has 0 spiro atoms. The van der Waals surface area contributed by atoms with Crippen molar-refractivity contribution in [2.75, 3.05) is 0 Å². The Morgan fingerprint density at radius 2 is 1.77 bits per heavy atom. The van der Waals surface area contributed by atoms with Crippen molar-refractivity contribution in [1.29, 1.82) is 0 Å². The van der Waals surface area contributed by atoms with Gasteiger partial charge in [-0.1, -0.05) is 62.2 Å². The van der Waals surface area contributed by atoms with Gasteiger partial charge in [0, 0.05) is 0 Å². The SMILES string of the molecule is CCC(CC)(c1ccccc1)c1nc(C2(N)CCCC2)no1. The van der Waals surface area contributed by atoms with E-state index in [-0.39, 0.29) is 5.41 Å². The van der Waals surface area contributed by atoms with Crippen molar-refractivity contribution in [3.05, 3.63) is 47.6 Å². The summed E-state index contributed by atoms with van der Waals surface area (Å²) in [4.78, 5) is 4.75. The average molecular weight is 299 g/mol. The van der Waals surface area contributed by atoms with Crippen LogP contribution in [0.15, 0.2) is 34.9 Å². The zero-order valence-electron chi connectivity index (χ0n) is 13.5. The minimum Gasteiger partial charge on any atom is -0.338 e. The van der Waals surface area contributed by atoms with E-state index in [0.29, 0.717) is 11.7 Å². The van der Waals surface area contributed by atoms with E-state index in [4.69, 9.17) is 15.2 Å². The molecule has 0 atom stereocenters. The smallest absolute Gasteiger partial charge is 0.237 e. The summed E-state index contributed by atoms with van der Waals surface area (Å²) < 4.78 is 5.70. The monoisotopic (exact) mass is 299 g/mol. The molecule has 4 nitrogen and oxygen atoms in total. The Morgan fingerprint density at radius 1 is 1.14 bits per heavy atom. The fourth-order valence-corrected chi connectivity index (χ4v) is 3.69. The van der Waals surface area contributed by atoms with Crippen molar-refractivity contribution >= 4 is 0 Å². The third-order valence-electron chi connectivity index (χ3n) is 5.31. The van der Waals surface area contributed by atoms with Crippen LogP contribution in [0.25, 0.3) is 0 Å². The molecule has 2 aromatic rings. The van der Waals surface area contributed by atoms with E-state index in [9.17, 15) is 0 Å². The Morgan fingerprint density at radius 3 is 2.36 bits per heavy atom. The van der Waals surface area contributed by atoms with Gasteiger partial charge in [-0.2, -0.15) is 4.98 Å². The number of nitrogens with two attached hydrogens (primary N) is 1. The lowest BCUT2D eigenvalue weighted by atomic mass is 9.75. The van der Waals surface area contributed by atoms with Crippen LogP contribution in [0, 0.1) is 0 Å². The minimum atomic E-state index is -0.397. The van der Waals surface area contributed by atoms with Crippen LogP contribution in [-0.2, 0) is 11.0 Å². The molecule has 22 heavy (non-hydrogen) atoms. The Labute approximate surface area is 132 Å². The van der Waals surface area contributed by atoms with Crippen LogP contribution >= 0.6 is 0 Å². The highest BCUT2D eigenvalue weighted by Crippen LogP contribution is 2.40. The van der Waals surface area contributed by atoms with E-state index < -0.39 is 5.54 Å². The first-order valence-corrected chi connectivity index (χ1v) is 8.34. The molecule has 0 aliphatic heterocycles. The molecule has 0 amide bonds. The largest absolute Gasteiger partial charge is 0.338 e. The lowest BCUT2D eigenvalue weighted by molar-refractivity contribution is 0.290. The predicted octanol–water partition coefficient (Wildman–Crippen LogP) is 3.90. The van der Waals surface area contributed by atoms with Gasteiger partial charge in [0.25, 0.3) is 0 Å². The van der Waals surface area contributed by atoms with Gasteiger partial charge in [-0.05, 0) is 31.2 Å². The van der Waals surface area contributed by atoms with Gasteiger partial charge in [-0.25, -0.2) is 0 Å². The van der Waals surface area contributed by atoms with Gasteiger partial charge in [0.1, 0.15) is 0 Å². The van der Waals surface area contributed by atoms with Crippen molar-refractivity contribution in [2.24, 2.45) is 5.73 Å². The Balaban J connectivity index is 2.02. The number of hydrogen-bond donors (Lipinski definition) is 1. The highest BCUT2D eigenvalue weighted by molar-refractivity contribution is 5.32. The molecule has 4 heteroatoms. The van der Waals surface area contributed by atoms with Gasteiger partial charge in [-0.3, -0.25) is 0 Å². The van der Waals surface area contributed by atoms with E-state index in [2.05, 4.69) is 43.3 Å². The van der Waals surface area contributed by atoms with Crippen molar-refractivity contribution in [1.82, 2.24) is 10.1 Å². The predicted molar refractivity (Wildman–Crippen MR) is 86.4 cm³/mol. The van der Waals surface area contributed by atoms with Gasteiger partial charge < -0.3 is 10.3 Å². The fraction of sp³-hybridized carbons (Fsp3) is 0.556. The molecule has 3 rings (SSSR count). The van der Waals surface area contributed by atoms with Crippen LogP contribution in [0.4, 0.5) is 0 Å². The molecule has 1 heterocycles. The maximum absolute atomic E-state index is 6.47. The normalized spacial score (nSPS) is 17.8. The van der Waals surface area contributed by atoms with Crippen molar-refractivity contribution in [3.63, 3.8) is 0 Å². The molecule has 1 fully saturated rings. The lowest BCUT2D eigenvalue weighted by Gasteiger charge is -2.28. The summed E-state index contributed by atoms with van der Waals surface area (Å²) in [5.41, 5.74) is 7.09. The first kappa shape index (κ1) is 15.2. The van der Waals surface area contributed by atoms with Crippen LogP contribution in [0.3, 0.4) is 0 Å². The fourth-order valence-electron chi connectivity index (χ4n) is 3.69. The summed E-state index contributed by atoms with van der Waals surface area (Å²) in [5.74, 6) is 1.39. The van der Waals surface area contributed by atoms with E-state index >= 15 is 0 Å². The Kier molecular flexibility index (Phi) is 4.04. The quantitative estimate of drug-likeness (QED) is 0.909. The third kappa shape index (κ3) is 2.35. The summed E-state index contributed by atoms with van der Waals surface area (Å²) in [5, 5.41) is 4.25. The third-order valence-corrected chi connectivity index (χ3v) is 5.31. The van der Waals surface area contributed by atoms with Crippen LogP contribution in [0.1, 0.15) is 69.7 Å². The second-order valence-corrected chi connectivity index (χ2v) is 6.44. The van der Waals surface area contributed by atoms with E-state index in [1.54, 1.807) is 0 Å². The topological polar surface area (TPSA) is 64.9 Å². The molecule has 0 bridgehead atoms. The van der Waals surface area contributed by atoms with Crippen LogP contribution in [-0.4, -0.2) is 10.1 Å². The molecule has 1 saturated carbocycles. The van der Waals surface area contributed by atoms with Crippen LogP contribution < -0.4 is 5.73 Å². The Bertz CT molecular complexity index is 610. The molecule has 1 aliphatic carbocycles. The maximum atomic E-state index is 6.47. The number of hydrogen-bond acceptors (Lipinski definition) is 4. The zero-order valence-corrected chi connectivity index (χ0v) is 13.5. The highest BCUT2D eigenvalue weighted by Gasteiger charge is 2.41. The van der Waals surface area contributed by atoms with Crippen LogP contribution in [0.5, 0.6) is 0 Å². The zero-order chi connectivity index (χ0) is 15.6. The number of benzene rings is 1. The van der Waals surface area contributed by atoms with Gasteiger partial charge in [0.2, 0.25) is 5.89 Å². The first-order chi connectivity index (χ1) is 10.6. The standard InChI is InChI=1S/C18H25N3O/c1-3-17(4-2,14-10-6-5-7-11-14)16-20-15(21-22-16)18(19)12-8-9-13-18/h5-7,10-11H,3-4,8-9,12-13,19H2,1-2H3. The number of rotatable bonds is 5. The molecule has 0 unspecified atom stereocenters. The van der Waals surface area contributed by atoms with E-state index in [0.717, 1.165) is 38.5 Å². The van der Waals surface area contributed by atoms with E-state index in [1.165, 1.54) is 5.56 Å². The second kappa shape index (κ2) is 5.84. The molecule has 0 saturated heterocycles. The van der Waals surface area contributed by atoms with Gasteiger partial charge in [0.05, 0.1) is 11.0 Å². The van der Waals surface area contributed by atoms with Gasteiger partial charge in [0.15, 0.2) is 5.82 Å². The number of nitrogens with zero attached hydrogens (tertiary/aromatic N) is 2. The molecule has 1 aromatic carbocycles. The van der Waals surface area contributed by atoms with Crippen molar-refractivity contribution < 1.29 is 4.52 Å². The summed E-state index contributed by atoms with van der Waals surface area (Å²) >= 11 is 0.